The molecule has 0 radical (unpaired) electrons. The first-order valence-corrected chi connectivity index (χ1v) is 13.8. The second-order valence-electron chi connectivity index (χ2n) is 8.88. The monoisotopic (exact) mass is 577 g/mol. The number of para-hydroxylation sites is 1. The van der Waals surface area contributed by atoms with Crippen LogP contribution in [-0.2, 0) is 14.8 Å². The summed E-state index contributed by atoms with van der Waals surface area (Å²) >= 11 is 0. The first-order chi connectivity index (χ1) is 19.7. The molecule has 14 heteroatoms. The summed E-state index contributed by atoms with van der Waals surface area (Å²) in [6.45, 7) is 1.29. The molecule has 0 saturated carbocycles. The molecule has 0 saturated heterocycles. The van der Waals surface area contributed by atoms with Crippen LogP contribution < -0.4 is 14.2 Å². The number of methoxy groups -OCH3 is 3. The molecule has 4 rings (SSSR count). The van der Waals surface area contributed by atoms with Crippen LogP contribution in [-0.4, -0.2) is 60.8 Å². The third kappa shape index (κ3) is 5.70. The van der Waals surface area contributed by atoms with Gasteiger partial charge < -0.3 is 19.3 Å². The highest BCUT2D eigenvalue weighted by Crippen LogP contribution is 2.38. The van der Waals surface area contributed by atoms with Crippen LogP contribution in [0.1, 0.15) is 48.0 Å². The van der Waals surface area contributed by atoms with Crippen LogP contribution in [0, 0.1) is 22.7 Å². The number of dihydropyridines is 1. The average Bonchev–Trinajstić information content (AvgIpc) is 3.41. The predicted octanol–water partition coefficient (Wildman–Crippen LogP) is 2.94. The van der Waals surface area contributed by atoms with E-state index in [1.807, 2.05) is 18.2 Å². The Morgan fingerprint density at radius 1 is 1.07 bits per heavy atom. The Kier molecular flexibility index (Phi) is 8.56. The van der Waals surface area contributed by atoms with E-state index in [4.69, 9.17) is 19.5 Å². The maximum Gasteiger partial charge on any atom is 0.243 e. The molecule has 41 heavy (non-hydrogen) atoms. The molecule has 0 bridgehead atoms. The third-order valence-corrected chi connectivity index (χ3v) is 8.22. The summed E-state index contributed by atoms with van der Waals surface area (Å²) in [6, 6.07) is 12.3. The lowest BCUT2D eigenvalue weighted by Crippen LogP contribution is -2.32. The number of benzene rings is 2. The molecule has 1 aliphatic heterocycles. The van der Waals surface area contributed by atoms with Crippen molar-refractivity contribution in [3.63, 3.8) is 0 Å². The van der Waals surface area contributed by atoms with Crippen LogP contribution in [0.2, 0.25) is 0 Å². The zero-order chi connectivity index (χ0) is 29.7. The van der Waals surface area contributed by atoms with Crippen molar-refractivity contribution in [1.29, 1.82) is 10.5 Å². The molecule has 1 aliphatic rings. The number of nitrogens with one attached hydrogen (secondary N) is 1. The van der Waals surface area contributed by atoms with Crippen LogP contribution >= 0.6 is 0 Å². The molecule has 0 spiro atoms. The van der Waals surface area contributed by atoms with Crippen LogP contribution in [0.5, 0.6) is 11.5 Å². The number of aliphatic imine (C=N–C) groups is 1. The Hall–Kier alpha value is -4.92. The third-order valence-electron chi connectivity index (χ3n) is 6.51. The van der Waals surface area contributed by atoms with E-state index >= 15 is 0 Å². The maximum atomic E-state index is 13.6. The van der Waals surface area contributed by atoms with Crippen LogP contribution in [0.4, 0.5) is 5.95 Å². The fraction of sp³-hybridized carbons (Fsp3) is 0.296. The van der Waals surface area contributed by atoms with Crippen LogP contribution in [0.15, 0.2) is 53.5 Å². The summed E-state index contributed by atoms with van der Waals surface area (Å²) in [7, 11) is 0.0414. The SMILES string of the molecule is COC1=NC(c2nnc(NS(=O)(=O)[C@@H](C)[C@H](O)c3ccc(C#N)cc3C#N)n2-c2c(OC)cccc2OC)CC=C1. The Balaban J connectivity index is 1.81. The van der Waals surface area contributed by atoms with E-state index in [1.54, 1.807) is 24.3 Å². The van der Waals surface area contributed by atoms with Gasteiger partial charge in [-0.1, -0.05) is 18.2 Å². The standard InChI is InChI=1S/C27H27N7O6S/c1-16(25(35)19-12-11-17(14-28)13-18(19)15-29)41(36,37)33-27-32-31-26(20-7-5-10-23(30-20)40-4)34(27)24-21(38-2)8-6-9-22(24)39-3/h5-6,8-13,16,20,25,35H,7H2,1-4H3,(H,32,33)/t16-,20?,25-/m0/s1. The maximum absolute atomic E-state index is 13.6. The summed E-state index contributed by atoms with van der Waals surface area (Å²) < 4.78 is 47.5. The summed E-state index contributed by atoms with van der Waals surface area (Å²) in [5, 5.41) is 36.6. The van der Waals surface area contributed by atoms with Gasteiger partial charge in [0.2, 0.25) is 21.9 Å². The highest BCUT2D eigenvalue weighted by molar-refractivity contribution is 7.93. The second kappa shape index (κ2) is 12.1. The minimum Gasteiger partial charge on any atom is -0.494 e. The summed E-state index contributed by atoms with van der Waals surface area (Å²) in [4.78, 5) is 4.55. The van der Waals surface area contributed by atoms with Crippen molar-refractivity contribution in [2.24, 2.45) is 4.99 Å². The Bertz CT molecular complexity index is 1680. The summed E-state index contributed by atoms with van der Waals surface area (Å²) in [5.74, 6) is 1.12. The zero-order valence-electron chi connectivity index (χ0n) is 22.6. The number of rotatable bonds is 9. The molecule has 3 atom stereocenters. The zero-order valence-corrected chi connectivity index (χ0v) is 23.5. The van der Waals surface area contributed by atoms with E-state index in [0.717, 1.165) is 0 Å². The number of nitriles is 2. The second-order valence-corrected chi connectivity index (χ2v) is 10.9. The molecule has 1 aromatic heterocycles. The van der Waals surface area contributed by atoms with Gasteiger partial charge >= 0.3 is 0 Å². The molecular weight excluding hydrogens is 550 g/mol. The lowest BCUT2D eigenvalue weighted by molar-refractivity contribution is 0.176. The van der Waals surface area contributed by atoms with Gasteiger partial charge in [0.15, 0.2) is 5.82 Å². The van der Waals surface area contributed by atoms with Gasteiger partial charge in [0.05, 0.1) is 50.7 Å². The molecule has 212 valence electrons. The normalized spacial score (nSPS) is 16.1. The number of sulfonamides is 1. The lowest BCUT2D eigenvalue weighted by atomic mass is 9.99. The number of nitrogens with zero attached hydrogens (tertiary/aromatic N) is 6. The molecule has 0 fully saturated rings. The van der Waals surface area contributed by atoms with Gasteiger partial charge in [0.25, 0.3) is 0 Å². The fourth-order valence-electron chi connectivity index (χ4n) is 4.31. The largest absolute Gasteiger partial charge is 0.494 e. The van der Waals surface area contributed by atoms with Crippen molar-refractivity contribution >= 4 is 21.9 Å². The van der Waals surface area contributed by atoms with E-state index < -0.39 is 27.4 Å². The first-order valence-electron chi connectivity index (χ1n) is 12.3. The molecule has 0 aliphatic carbocycles. The number of anilines is 1. The van der Waals surface area contributed by atoms with Crippen LogP contribution in [0.25, 0.3) is 5.69 Å². The number of aliphatic hydroxyl groups excluding tert-OH is 1. The molecule has 13 nitrogen and oxygen atoms in total. The van der Waals surface area contributed by atoms with Gasteiger partial charge in [-0.2, -0.15) is 10.5 Å². The fourth-order valence-corrected chi connectivity index (χ4v) is 5.36. The number of aromatic nitrogens is 3. The number of hydrogen-bond acceptors (Lipinski definition) is 11. The summed E-state index contributed by atoms with van der Waals surface area (Å²) in [5.41, 5.74) is 0.577. The smallest absolute Gasteiger partial charge is 0.243 e. The topological polar surface area (TPSA) is 185 Å². The molecule has 1 unspecified atom stereocenters. The Morgan fingerprint density at radius 2 is 1.78 bits per heavy atom. The minimum atomic E-state index is -4.36. The quantitative estimate of drug-likeness (QED) is 0.383. The number of hydrogen-bond donors (Lipinski definition) is 2. The van der Waals surface area contributed by atoms with Crippen molar-refractivity contribution in [2.45, 2.75) is 30.7 Å². The minimum absolute atomic E-state index is 0.0139. The van der Waals surface area contributed by atoms with Crippen molar-refractivity contribution < 1.29 is 27.7 Å². The van der Waals surface area contributed by atoms with Crippen LogP contribution in [0.3, 0.4) is 0 Å². The van der Waals surface area contributed by atoms with Gasteiger partial charge in [0.1, 0.15) is 28.5 Å². The lowest BCUT2D eigenvalue weighted by Gasteiger charge is -2.23. The van der Waals surface area contributed by atoms with Gasteiger partial charge in [-0.25, -0.2) is 13.4 Å². The van der Waals surface area contributed by atoms with E-state index in [9.17, 15) is 18.8 Å². The molecular formula is C27H27N7O6S. The Morgan fingerprint density at radius 3 is 2.39 bits per heavy atom. The van der Waals surface area contributed by atoms with Crippen molar-refractivity contribution in [3.8, 4) is 29.3 Å². The molecule has 2 N–H and O–H groups in total. The highest BCUT2D eigenvalue weighted by atomic mass is 32.2. The number of ether oxygens (including phenoxy) is 3. The highest BCUT2D eigenvalue weighted by Gasteiger charge is 2.34. The Labute approximate surface area is 237 Å². The predicted molar refractivity (Wildman–Crippen MR) is 148 cm³/mol. The van der Waals surface area contributed by atoms with Crippen molar-refractivity contribution in [1.82, 2.24) is 14.8 Å². The van der Waals surface area contributed by atoms with Crippen molar-refractivity contribution in [2.75, 3.05) is 26.1 Å². The van der Waals surface area contributed by atoms with E-state index in [2.05, 4.69) is 19.9 Å². The first kappa shape index (κ1) is 29.1. The van der Waals surface area contributed by atoms with Gasteiger partial charge in [-0.3, -0.25) is 9.29 Å². The molecule has 3 aromatic rings. The van der Waals surface area contributed by atoms with Gasteiger partial charge in [-0.15, -0.1) is 10.2 Å². The molecule has 2 aromatic carbocycles. The average molecular weight is 578 g/mol. The molecule has 0 amide bonds. The number of aliphatic hydroxyl groups is 1. The molecule has 2 heterocycles. The van der Waals surface area contributed by atoms with Gasteiger partial charge in [0, 0.05) is 0 Å². The van der Waals surface area contributed by atoms with Crippen molar-refractivity contribution in [3.05, 3.63) is 71.1 Å². The van der Waals surface area contributed by atoms with E-state index in [-0.39, 0.29) is 28.5 Å². The van der Waals surface area contributed by atoms with E-state index in [0.29, 0.717) is 29.5 Å². The van der Waals surface area contributed by atoms with Gasteiger partial charge in [-0.05, 0) is 49.2 Å². The van der Waals surface area contributed by atoms with E-state index in [1.165, 1.54) is 51.0 Å². The summed E-state index contributed by atoms with van der Waals surface area (Å²) in [6.07, 6.45) is 2.39.